The summed E-state index contributed by atoms with van der Waals surface area (Å²) < 4.78 is 10.2. The van der Waals surface area contributed by atoms with Gasteiger partial charge in [0, 0.05) is 6.42 Å². The van der Waals surface area contributed by atoms with Gasteiger partial charge in [-0.15, -0.1) is 0 Å². The standard InChI is InChI=1S/C7H9NO3/c8-4-6(9)3-7-5-10-1-2-11-7/h7H,1-3,5H2. The first-order valence-corrected chi connectivity index (χ1v) is 3.45. The summed E-state index contributed by atoms with van der Waals surface area (Å²) >= 11 is 0. The number of Topliss-reactive ketones (excluding diaryl/α,β-unsaturated/α-hetero) is 1. The van der Waals surface area contributed by atoms with E-state index in [0.717, 1.165) is 0 Å². The molecule has 0 aromatic rings. The molecule has 1 unspecified atom stereocenters. The third-order valence-corrected chi connectivity index (χ3v) is 1.42. The van der Waals surface area contributed by atoms with Crippen LogP contribution in [0.1, 0.15) is 6.42 Å². The maximum absolute atomic E-state index is 10.6. The average molecular weight is 155 g/mol. The number of hydrogen-bond donors (Lipinski definition) is 0. The third kappa shape index (κ3) is 2.66. The highest BCUT2D eigenvalue weighted by Crippen LogP contribution is 2.04. The first-order chi connectivity index (χ1) is 5.33. The first-order valence-electron chi connectivity index (χ1n) is 3.45. The van der Waals surface area contributed by atoms with Gasteiger partial charge in [-0.2, -0.15) is 5.26 Å². The van der Waals surface area contributed by atoms with Gasteiger partial charge < -0.3 is 9.47 Å². The number of ketones is 1. The molecule has 4 heteroatoms. The lowest BCUT2D eigenvalue weighted by atomic mass is 10.2. The lowest BCUT2D eigenvalue weighted by Crippen LogP contribution is -2.30. The molecule has 1 atom stereocenters. The predicted molar refractivity (Wildman–Crippen MR) is 35.8 cm³/mol. The fourth-order valence-electron chi connectivity index (χ4n) is 0.907. The number of nitriles is 1. The molecule has 0 aromatic carbocycles. The quantitative estimate of drug-likeness (QED) is 0.522. The molecule has 1 fully saturated rings. The van der Waals surface area contributed by atoms with E-state index in [9.17, 15) is 4.79 Å². The highest BCUT2D eigenvalue weighted by atomic mass is 16.6. The van der Waals surface area contributed by atoms with E-state index in [0.29, 0.717) is 19.8 Å². The molecular formula is C7H9NO3. The molecule has 1 aliphatic rings. The van der Waals surface area contributed by atoms with Crippen LogP contribution in [0.4, 0.5) is 0 Å². The summed E-state index contributed by atoms with van der Waals surface area (Å²) in [4.78, 5) is 10.6. The van der Waals surface area contributed by atoms with Gasteiger partial charge in [0.15, 0.2) is 0 Å². The molecule has 0 saturated carbocycles. The van der Waals surface area contributed by atoms with Crippen molar-refractivity contribution < 1.29 is 14.3 Å². The zero-order chi connectivity index (χ0) is 8.10. The van der Waals surface area contributed by atoms with Crippen molar-refractivity contribution in [1.82, 2.24) is 0 Å². The number of rotatable bonds is 2. The van der Waals surface area contributed by atoms with Gasteiger partial charge in [-0.25, -0.2) is 0 Å². The maximum Gasteiger partial charge on any atom is 0.234 e. The normalized spacial score (nSPS) is 24.1. The Morgan fingerprint density at radius 2 is 2.45 bits per heavy atom. The molecule has 60 valence electrons. The fourth-order valence-corrected chi connectivity index (χ4v) is 0.907. The zero-order valence-corrected chi connectivity index (χ0v) is 6.08. The second-order valence-electron chi connectivity index (χ2n) is 2.31. The molecule has 0 N–H and O–H groups in total. The summed E-state index contributed by atoms with van der Waals surface area (Å²) in [6, 6.07) is 1.54. The van der Waals surface area contributed by atoms with Crippen molar-refractivity contribution in [2.24, 2.45) is 0 Å². The van der Waals surface area contributed by atoms with Crippen LogP contribution in [-0.2, 0) is 14.3 Å². The molecule has 1 heterocycles. The lowest BCUT2D eigenvalue weighted by Gasteiger charge is -2.21. The van der Waals surface area contributed by atoms with Crippen molar-refractivity contribution in [3.63, 3.8) is 0 Å². The van der Waals surface area contributed by atoms with Gasteiger partial charge in [-0.3, -0.25) is 4.79 Å². The zero-order valence-electron chi connectivity index (χ0n) is 6.08. The van der Waals surface area contributed by atoms with Gasteiger partial charge in [-0.05, 0) is 0 Å². The number of carbonyl (C=O) groups excluding carboxylic acids is 1. The van der Waals surface area contributed by atoms with Crippen molar-refractivity contribution in [2.75, 3.05) is 19.8 Å². The van der Waals surface area contributed by atoms with Crippen LogP contribution in [0.5, 0.6) is 0 Å². The Hall–Kier alpha value is -0.920. The van der Waals surface area contributed by atoms with E-state index < -0.39 is 5.78 Å². The molecule has 1 saturated heterocycles. The number of ether oxygens (including phenoxy) is 2. The molecule has 11 heavy (non-hydrogen) atoms. The molecule has 0 spiro atoms. The molecule has 1 rings (SSSR count). The summed E-state index contributed by atoms with van der Waals surface area (Å²) in [5.41, 5.74) is 0. The van der Waals surface area contributed by atoms with Gasteiger partial charge in [0.25, 0.3) is 0 Å². The van der Waals surface area contributed by atoms with Crippen molar-refractivity contribution in [3.05, 3.63) is 0 Å². The van der Waals surface area contributed by atoms with Crippen LogP contribution in [0.15, 0.2) is 0 Å². The minimum Gasteiger partial charge on any atom is -0.376 e. The Bertz CT molecular complexity index is 179. The highest BCUT2D eigenvalue weighted by molar-refractivity contribution is 5.93. The van der Waals surface area contributed by atoms with Crippen LogP contribution < -0.4 is 0 Å². The molecule has 0 aliphatic carbocycles. The monoisotopic (exact) mass is 155 g/mol. The first kappa shape index (κ1) is 8.18. The highest BCUT2D eigenvalue weighted by Gasteiger charge is 2.17. The summed E-state index contributed by atoms with van der Waals surface area (Å²) in [7, 11) is 0. The summed E-state index contributed by atoms with van der Waals surface area (Å²) in [6.07, 6.45) is -0.0628. The van der Waals surface area contributed by atoms with Gasteiger partial charge >= 0.3 is 0 Å². The van der Waals surface area contributed by atoms with Gasteiger partial charge in [0.2, 0.25) is 5.78 Å². The molecule has 0 aromatic heterocycles. The Balaban J connectivity index is 2.25. The van der Waals surface area contributed by atoms with Gasteiger partial charge in [0.1, 0.15) is 6.07 Å². The van der Waals surface area contributed by atoms with Gasteiger partial charge in [-0.1, -0.05) is 0 Å². The Labute approximate surface area is 64.7 Å². The average Bonchev–Trinajstić information content (AvgIpc) is 2.06. The third-order valence-electron chi connectivity index (χ3n) is 1.42. The summed E-state index contributed by atoms with van der Waals surface area (Å²) in [5, 5.41) is 8.17. The predicted octanol–water partition coefficient (Wildman–Crippen LogP) is -0.115. The van der Waals surface area contributed by atoms with E-state index in [-0.39, 0.29) is 12.5 Å². The smallest absolute Gasteiger partial charge is 0.234 e. The van der Waals surface area contributed by atoms with E-state index in [1.807, 2.05) is 0 Å². The van der Waals surface area contributed by atoms with Crippen LogP contribution in [0.3, 0.4) is 0 Å². The van der Waals surface area contributed by atoms with E-state index in [1.165, 1.54) is 6.07 Å². The van der Waals surface area contributed by atoms with E-state index >= 15 is 0 Å². The van der Waals surface area contributed by atoms with Crippen molar-refractivity contribution in [2.45, 2.75) is 12.5 Å². The minimum absolute atomic E-state index is 0.149. The van der Waals surface area contributed by atoms with Gasteiger partial charge in [0.05, 0.1) is 25.9 Å². The Morgan fingerprint density at radius 1 is 1.64 bits per heavy atom. The second kappa shape index (κ2) is 4.06. The Morgan fingerprint density at radius 3 is 3.00 bits per heavy atom. The number of nitrogens with zero attached hydrogens (tertiary/aromatic N) is 1. The maximum atomic E-state index is 10.6. The largest absolute Gasteiger partial charge is 0.376 e. The Kier molecular flexibility index (Phi) is 3.02. The molecule has 4 nitrogen and oxygen atoms in total. The molecule has 1 aliphatic heterocycles. The van der Waals surface area contributed by atoms with Crippen LogP contribution in [-0.4, -0.2) is 31.7 Å². The van der Waals surface area contributed by atoms with Crippen LogP contribution in [0.2, 0.25) is 0 Å². The summed E-state index contributed by atoms with van der Waals surface area (Å²) in [5.74, 6) is -0.444. The van der Waals surface area contributed by atoms with E-state index in [1.54, 1.807) is 0 Å². The lowest BCUT2D eigenvalue weighted by molar-refractivity contribution is -0.124. The van der Waals surface area contributed by atoms with Crippen molar-refractivity contribution in [3.8, 4) is 6.07 Å². The van der Waals surface area contributed by atoms with Crippen LogP contribution in [0.25, 0.3) is 0 Å². The second-order valence-corrected chi connectivity index (χ2v) is 2.31. The van der Waals surface area contributed by atoms with Crippen molar-refractivity contribution >= 4 is 5.78 Å². The minimum atomic E-state index is -0.444. The summed E-state index contributed by atoms with van der Waals surface area (Å²) in [6.45, 7) is 1.52. The molecular weight excluding hydrogens is 146 g/mol. The molecule has 0 bridgehead atoms. The molecule has 0 amide bonds. The van der Waals surface area contributed by atoms with Crippen molar-refractivity contribution in [1.29, 1.82) is 5.26 Å². The number of hydrogen-bond acceptors (Lipinski definition) is 4. The van der Waals surface area contributed by atoms with E-state index in [4.69, 9.17) is 14.7 Å². The fraction of sp³-hybridized carbons (Fsp3) is 0.714. The van der Waals surface area contributed by atoms with Crippen LogP contribution >= 0.6 is 0 Å². The van der Waals surface area contributed by atoms with E-state index in [2.05, 4.69) is 0 Å². The SMILES string of the molecule is N#CC(=O)CC1COCCO1. The number of carbonyl (C=O) groups is 1. The van der Waals surface area contributed by atoms with Crippen LogP contribution in [0, 0.1) is 11.3 Å². The molecule has 0 radical (unpaired) electrons. The topological polar surface area (TPSA) is 59.3 Å².